The topological polar surface area (TPSA) is 76.3 Å². The summed E-state index contributed by atoms with van der Waals surface area (Å²) >= 11 is 6.15. The molecule has 2 aromatic carbocycles. The van der Waals surface area contributed by atoms with Gasteiger partial charge in [-0.3, -0.25) is 14.5 Å². The second-order valence-electron chi connectivity index (χ2n) is 6.50. The zero-order valence-electron chi connectivity index (χ0n) is 14.7. The number of aromatic nitrogens is 2. The molecule has 3 heterocycles. The van der Waals surface area contributed by atoms with E-state index in [9.17, 15) is 14.0 Å². The molecule has 0 radical (unpaired) electrons. The van der Waals surface area contributed by atoms with E-state index in [0.717, 1.165) is 6.07 Å². The van der Waals surface area contributed by atoms with E-state index in [4.69, 9.17) is 16.0 Å². The lowest BCUT2D eigenvalue weighted by Crippen LogP contribution is -2.31. The van der Waals surface area contributed by atoms with Crippen LogP contribution in [0.4, 0.5) is 10.3 Å². The maximum absolute atomic E-state index is 13.8. The van der Waals surface area contributed by atoms with Crippen molar-refractivity contribution in [3.8, 4) is 0 Å². The fourth-order valence-corrected chi connectivity index (χ4v) is 3.76. The van der Waals surface area contributed by atoms with Crippen LogP contribution in [0.1, 0.15) is 27.7 Å². The highest BCUT2D eigenvalue weighted by Gasteiger charge is 2.44. The van der Waals surface area contributed by atoms with E-state index in [1.54, 1.807) is 30.3 Å². The minimum absolute atomic E-state index is 0.0550. The molecule has 4 aromatic rings. The Hall–Kier alpha value is -3.58. The van der Waals surface area contributed by atoms with Gasteiger partial charge in [0.1, 0.15) is 11.4 Å². The van der Waals surface area contributed by atoms with Crippen LogP contribution in [-0.4, -0.2) is 15.9 Å². The maximum Gasteiger partial charge on any atom is 0.297 e. The van der Waals surface area contributed by atoms with E-state index >= 15 is 0 Å². The highest BCUT2D eigenvalue weighted by molar-refractivity contribution is 6.30. The van der Waals surface area contributed by atoms with Gasteiger partial charge in [0.2, 0.25) is 11.7 Å². The minimum atomic E-state index is -0.859. The number of fused-ring (bicyclic) bond motifs is 2. The number of hydrogen-bond donors (Lipinski definition) is 0. The zero-order valence-corrected chi connectivity index (χ0v) is 15.4. The Morgan fingerprint density at radius 2 is 1.83 bits per heavy atom. The van der Waals surface area contributed by atoms with Crippen LogP contribution in [0, 0.1) is 5.82 Å². The number of halogens is 2. The fraction of sp³-hybridized carbons (Fsp3) is 0.0476. The Bertz CT molecular complexity index is 1340. The SMILES string of the molecule is O=C1c2oc3ccc(F)cc3c(=O)c2[C@H](c2cccc(Cl)c2)N1c1ncccn1. The van der Waals surface area contributed by atoms with Gasteiger partial charge >= 0.3 is 0 Å². The molecule has 0 unspecified atom stereocenters. The van der Waals surface area contributed by atoms with Gasteiger partial charge in [0.25, 0.3) is 5.91 Å². The van der Waals surface area contributed by atoms with Gasteiger partial charge in [-0.25, -0.2) is 14.4 Å². The van der Waals surface area contributed by atoms with E-state index in [-0.39, 0.29) is 28.2 Å². The molecule has 1 atom stereocenters. The van der Waals surface area contributed by atoms with Gasteiger partial charge in [0.05, 0.1) is 17.0 Å². The number of anilines is 1. The van der Waals surface area contributed by atoms with E-state index in [2.05, 4.69) is 9.97 Å². The summed E-state index contributed by atoms with van der Waals surface area (Å²) in [6, 6.07) is 11.1. The molecule has 0 bridgehead atoms. The molecule has 1 aliphatic heterocycles. The van der Waals surface area contributed by atoms with Crippen molar-refractivity contribution in [2.24, 2.45) is 0 Å². The molecule has 0 saturated carbocycles. The predicted octanol–water partition coefficient (Wildman–Crippen LogP) is 4.13. The molecule has 2 aromatic heterocycles. The lowest BCUT2D eigenvalue weighted by molar-refractivity contribution is 0.0969. The van der Waals surface area contributed by atoms with Crippen molar-refractivity contribution >= 4 is 34.4 Å². The molecule has 29 heavy (non-hydrogen) atoms. The van der Waals surface area contributed by atoms with Crippen molar-refractivity contribution in [2.75, 3.05) is 4.90 Å². The third-order valence-electron chi connectivity index (χ3n) is 4.76. The first-order valence-electron chi connectivity index (χ1n) is 8.67. The molecule has 0 N–H and O–H groups in total. The van der Waals surface area contributed by atoms with Crippen molar-refractivity contribution < 1.29 is 13.6 Å². The molecule has 5 rings (SSSR count). The molecule has 6 nitrogen and oxygen atoms in total. The van der Waals surface area contributed by atoms with E-state index in [1.165, 1.54) is 29.4 Å². The normalized spacial score (nSPS) is 15.7. The summed E-state index contributed by atoms with van der Waals surface area (Å²) in [5.41, 5.74) is 0.324. The van der Waals surface area contributed by atoms with Crippen LogP contribution in [0.25, 0.3) is 11.0 Å². The number of nitrogens with zero attached hydrogens (tertiary/aromatic N) is 3. The number of hydrogen-bond acceptors (Lipinski definition) is 5. The smallest absolute Gasteiger partial charge is 0.297 e. The van der Waals surface area contributed by atoms with Crippen molar-refractivity contribution in [1.82, 2.24) is 9.97 Å². The molecule has 1 amide bonds. The third kappa shape index (κ3) is 2.70. The van der Waals surface area contributed by atoms with E-state index < -0.39 is 23.2 Å². The minimum Gasteiger partial charge on any atom is -0.450 e. The maximum atomic E-state index is 13.8. The van der Waals surface area contributed by atoms with Gasteiger partial charge in [-0.2, -0.15) is 0 Å². The average Bonchev–Trinajstić information content (AvgIpc) is 3.02. The van der Waals surface area contributed by atoms with Crippen molar-refractivity contribution in [1.29, 1.82) is 0 Å². The second kappa shape index (κ2) is 6.49. The largest absolute Gasteiger partial charge is 0.450 e. The standard InChI is InChI=1S/C21H11ClFN3O3/c22-12-4-1-3-11(9-12)17-16-18(27)14-10-13(23)5-6-15(14)29-19(16)20(28)26(17)21-24-7-2-8-25-21/h1-10,17H/t17-/m0/s1. The van der Waals surface area contributed by atoms with Gasteiger partial charge in [0.15, 0.2) is 5.43 Å². The average molecular weight is 408 g/mol. The summed E-state index contributed by atoms with van der Waals surface area (Å²) in [6.45, 7) is 0. The molecular formula is C21H11ClFN3O3. The second-order valence-corrected chi connectivity index (χ2v) is 6.93. The van der Waals surface area contributed by atoms with E-state index in [0.29, 0.717) is 10.6 Å². The fourth-order valence-electron chi connectivity index (χ4n) is 3.56. The van der Waals surface area contributed by atoms with Crippen LogP contribution in [0.15, 0.2) is 70.1 Å². The highest BCUT2D eigenvalue weighted by atomic mass is 35.5. The molecule has 142 valence electrons. The van der Waals surface area contributed by atoms with Gasteiger partial charge in [-0.15, -0.1) is 0 Å². The quantitative estimate of drug-likeness (QED) is 0.499. The van der Waals surface area contributed by atoms with Crippen LogP contribution >= 0.6 is 11.6 Å². The Balaban J connectivity index is 1.84. The number of carbonyl (C=O) groups is 1. The molecule has 1 aliphatic rings. The van der Waals surface area contributed by atoms with Gasteiger partial charge in [0, 0.05) is 17.4 Å². The molecule has 0 aliphatic carbocycles. The molecule has 0 saturated heterocycles. The first kappa shape index (κ1) is 17.5. The van der Waals surface area contributed by atoms with Crippen molar-refractivity contribution in [2.45, 2.75) is 6.04 Å². The van der Waals surface area contributed by atoms with E-state index in [1.807, 2.05) is 0 Å². The van der Waals surface area contributed by atoms with Gasteiger partial charge < -0.3 is 4.42 Å². The number of amides is 1. The Labute approximate surface area is 168 Å². The van der Waals surface area contributed by atoms with Crippen LogP contribution in [-0.2, 0) is 0 Å². The number of carbonyl (C=O) groups excluding carboxylic acids is 1. The summed E-state index contributed by atoms with van der Waals surface area (Å²) in [4.78, 5) is 36.1. The lowest BCUT2D eigenvalue weighted by atomic mass is 9.98. The summed E-state index contributed by atoms with van der Waals surface area (Å²) in [5, 5.41) is 0.493. The summed E-state index contributed by atoms with van der Waals surface area (Å²) in [5.74, 6) is -1.13. The zero-order chi connectivity index (χ0) is 20.1. The van der Waals surface area contributed by atoms with Crippen LogP contribution in [0.3, 0.4) is 0 Å². The van der Waals surface area contributed by atoms with Gasteiger partial charge in [-0.05, 0) is 42.0 Å². The Kier molecular flexibility index (Phi) is 3.92. The first-order chi connectivity index (χ1) is 14.0. The van der Waals surface area contributed by atoms with Gasteiger partial charge in [-0.1, -0.05) is 23.7 Å². The lowest BCUT2D eigenvalue weighted by Gasteiger charge is -2.23. The van der Waals surface area contributed by atoms with Crippen molar-refractivity contribution in [3.05, 3.63) is 98.9 Å². The van der Waals surface area contributed by atoms with Crippen LogP contribution < -0.4 is 10.3 Å². The highest BCUT2D eigenvalue weighted by Crippen LogP contribution is 2.40. The molecule has 8 heteroatoms. The monoisotopic (exact) mass is 407 g/mol. The Morgan fingerprint density at radius 1 is 1.03 bits per heavy atom. The third-order valence-corrected chi connectivity index (χ3v) is 5.00. The first-order valence-corrected chi connectivity index (χ1v) is 9.04. The predicted molar refractivity (Wildman–Crippen MR) is 105 cm³/mol. The van der Waals surface area contributed by atoms with Crippen molar-refractivity contribution in [3.63, 3.8) is 0 Å². The van der Waals surface area contributed by atoms with Crippen LogP contribution in [0.2, 0.25) is 5.02 Å². The molecule has 0 spiro atoms. The number of benzene rings is 2. The summed E-state index contributed by atoms with van der Waals surface area (Å²) in [7, 11) is 0. The van der Waals surface area contributed by atoms with Crippen LogP contribution in [0.5, 0.6) is 0 Å². The Morgan fingerprint density at radius 3 is 2.59 bits per heavy atom. The summed E-state index contributed by atoms with van der Waals surface area (Å²) in [6.07, 6.45) is 2.99. The molecular weight excluding hydrogens is 397 g/mol. The summed E-state index contributed by atoms with van der Waals surface area (Å²) < 4.78 is 19.5. The molecule has 0 fully saturated rings. The number of rotatable bonds is 2.